The van der Waals surface area contributed by atoms with Crippen molar-refractivity contribution in [2.75, 3.05) is 39.4 Å². The molecule has 1 aliphatic heterocycles. The number of phenolic OH excluding ortho intramolecular Hbond substituents is 1. The maximum atomic E-state index is 13.2. The lowest BCUT2D eigenvalue weighted by Crippen LogP contribution is -2.50. The molecule has 12 nitrogen and oxygen atoms in total. The van der Waals surface area contributed by atoms with Gasteiger partial charge in [0, 0.05) is 38.5 Å². The van der Waals surface area contributed by atoms with Gasteiger partial charge in [0.15, 0.2) is 0 Å². The molecule has 2 atom stereocenters. The molecule has 5 N–H and O–H groups in total. The Hall–Kier alpha value is -2.74. The summed E-state index contributed by atoms with van der Waals surface area (Å²) in [6.07, 6.45) is 7.89. The van der Waals surface area contributed by atoms with Crippen molar-refractivity contribution in [2.24, 2.45) is 5.92 Å². The van der Waals surface area contributed by atoms with Crippen LogP contribution >= 0.6 is 0 Å². The number of carbonyl (C=O) groups excluding carboxylic acids is 2. The molecule has 1 aromatic carbocycles. The summed E-state index contributed by atoms with van der Waals surface area (Å²) in [7, 11) is -3.63. The number of aliphatic carboxylic acids is 1. The number of aromatic hydroxyl groups is 1. The van der Waals surface area contributed by atoms with Crippen LogP contribution < -0.4 is 15.4 Å². The number of morpholine rings is 1. The van der Waals surface area contributed by atoms with E-state index in [1.165, 1.54) is 29.3 Å². The zero-order valence-corrected chi connectivity index (χ0v) is 25.5. The minimum atomic E-state index is -3.63. The molecule has 1 aliphatic rings. The molecule has 0 bridgehead atoms. The van der Waals surface area contributed by atoms with Gasteiger partial charge in [-0.05, 0) is 30.5 Å². The number of phenols is 1. The van der Waals surface area contributed by atoms with E-state index in [1.54, 1.807) is 12.1 Å². The minimum Gasteiger partial charge on any atom is -0.508 e. The van der Waals surface area contributed by atoms with E-state index in [1.807, 2.05) is 0 Å². The Kier molecular flexibility index (Phi) is 16.4. The summed E-state index contributed by atoms with van der Waals surface area (Å²) >= 11 is 0. The molecule has 1 fully saturated rings. The summed E-state index contributed by atoms with van der Waals surface area (Å²) in [5.41, 5.74) is 0.702. The third-order valence-corrected chi connectivity index (χ3v) is 8.82. The van der Waals surface area contributed by atoms with Crippen molar-refractivity contribution in [3.05, 3.63) is 29.8 Å². The van der Waals surface area contributed by atoms with Crippen molar-refractivity contribution in [1.29, 1.82) is 0 Å². The first-order chi connectivity index (χ1) is 20.1. The number of rotatable bonds is 21. The average Bonchev–Trinajstić information content (AvgIpc) is 2.96. The van der Waals surface area contributed by atoms with Gasteiger partial charge in [0.25, 0.3) is 10.2 Å². The second-order valence-electron chi connectivity index (χ2n) is 10.7. The Bertz CT molecular complexity index is 1060. The molecule has 0 saturated carbocycles. The van der Waals surface area contributed by atoms with E-state index in [9.17, 15) is 33.0 Å². The summed E-state index contributed by atoms with van der Waals surface area (Å²) < 4.78 is 33.8. The first-order valence-corrected chi connectivity index (χ1v) is 16.5. The van der Waals surface area contributed by atoms with Gasteiger partial charge in [0.1, 0.15) is 11.8 Å². The minimum absolute atomic E-state index is 0.0690. The fourth-order valence-electron chi connectivity index (χ4n) is 4.75. The summed E-state index contributed by atoms with van der Waals surface area (Å²) in [5, 5.41) is 24.5. The van der Waals surface area contributed by atoms with Crippen molar-refractivity contribution < 1.29 is 37.8 Å². The Morgan fingerprint density at radius 2 is 1.57 bits per heavy atom. The molecule has 42 heavy (non-hydrogen) atoms. The van der Waals surface area contributed by atoms with Gasteiger partial charge in [0.2, 0.25) is 11.8 Å². The number of hydrogen-bond acceptors (Lipinski definition) is 7. The molecule has 13 heteroatoms. The predicted molar refractivity (Wildman–Crippen MR) is 159 cm³/mol. The average molecular weight is 613 g/mol. The van der Waals surface area contributed by atoms with Crippen LogP contribution in [0, 0.1) is 5.92 Å². The van der Waals surface area contributed by atoms with E-state index in [-0.39, 0.29) is 44.8 Å². The Labute approximate surface area is 249 Å². The van der Waals surface area contributed by atoms with Crippen LogP contribution in [0.5, 0.6) is 5.75 Å². The maximum absolute atomic E-state index is 13.2. The number of carboxylic acid groups (broad SMARTS) is 1. The Balaban J connectivity index is 1.93. The highest BCUT2D eigenvalue weighted by Crippen LogP contribution is 2.18. The molecule has 0 aliphatic carbocycles. The van der Waals surface area contributed by atoms with Crippen LogP contribution in [0.3, 0.4) is 0 Å². The van der Waals surface area contributed by atoms with Crippen molar-refractivity contribution in [1.82, 2.24) is 19.7 Å². The van der Waals surface area contributed by atoms with E-state index >= 15 is 0 Å². The summed E-state index contributed by atoms with van der Waals surface area (Å²) in [4.78, 5) is 37.8. The number of ether oxygens (including phenoxy) is 1. The third kappa shape index (κ3) is 14.0. The number of hydrogen-bond donors (Lipinski definition) is 5. The molecule has 0 spiro atoms. The van der Waals surface area contributed by atoms with Crippen molar-refractivity contribution in [3.63, 3.8) is 0 Å². The number of amides is 2. The lowest BCUT2D eigenvalue weighted by atomic mass is 9.95. The Morgan fingerprint density at radius 1 is 0.929 bits per heavy atom. The molecule has 2 amide bonds. The van der Waals surface area contributed by atoms with Gasteiger partial charge in [-0.3, -0.25) is 14.4 Å². The third-order valence-electron chi connectivity index (χ3n) is 7.20. The van der Waals surface area contributed by atoms with Gasteiger partial charge in [0.05, 0.1) is 19.6 Å². The smallest absolute Gasteiger partial charge is 0.304 e. The highest BCUT2D eigenvalue weighted by atomic mass is 32.2. The fraction of sp³-hybridized carbons (Fsp3) is 0.690. The largest absolute Gasteiger partial charge is 0.508 e. The topological polar surface area (TPSA) is 174 Å². The molecular weight excluding hydrogens is 564 g/mol. The number of carboxylic acids is 1. The highest BCUT2D eigenvalue weighted by Gasteiger charge is 2.28. The van der Waals surface area contributed by atoms with Gasteiger partial charge in [-0.15, -0.1) is 0 Å². The second-order valence-corrected chi connectivity index (χ2v) is 12.4. The van der Waals surface area contributed by atoms with Crippen molar-refractivity contribution >= 4 is 28.0 Å². The van der Waals surface area contributed by atoms with Gasteiger partial charge in [-0.25, -0.2) is 4.72 Å². The van der Waals surface area contributed by atoms with E-state index in [2.05, 4.69) is 22.3 Å². The van der Waals surface area contributed by atoms with E-state index < -0.39 is 40.0 Å². The van der Waals surface area contributed by atoms with Gasteiger partial charge >= 0.3 is 5.97 Å². The molecule has 1 heterocycles. The number of benzene rings is 1. The fourth-order valence-corrected chi connectivity index (χ4v) is 5.97. The predicted octanol–water partition coefficient (Wildman–Crippen LogP) is 2.32. The monoisotopic (exact) mass is 612 g/mol. The maximum Gasteiger partial charge on any atom is 0.304 e. The molecule has 1 saturated heterocycles. The van der Waals surface area contributed by atoms with E-state index in [4.69, 9.17) is 4.74 Å². The summed E-state index contributed by atoms with van der Waals surface area (Å²) in [6.45, 7) is 3.70. The number of carbonyl (C=O) groups is 3. The Morgan fingerprint density at radius 3 is 2.21 bits per heavy atom. The van der Waals surface area contributed by atoms with Crippen molar-refractivity contribution in [2.45, 2.75) is 83.6 Å². The molecular formula is C29H48N4O8S. The highest BCUT2D eigenvalue weighted by molar-refractivity contribution is 7.87. The second kappa shape index (κ2) is 19.4. The van der Waals surface area contributed by atoms with Crippen LogP contribution in [-0.4, -0.2) is 86.2 Å². The lowest BCUT2D eigenvalue weighted by Gasteiger charge is -2.26. The van der Waals surface area contributed by atoms with Crippen LogP contribution in [0.4, 0.5) is 0 Å². The van der Waals surface area contributed by atoms with Crippen molar-refractivity contribution in [3.8, 4) is 5.75 Å². The molecule has 2 rings (SSSR count). The van der Waals surface area contributed by atoms with Gasteiger partial charge < -0.3 is 25.6 Å². The van der Waals surface area contributed by atoms with Gasteiger partial charge in [-0.2, -0.15) is 12.7 Å². The SMILES string of the molecule is CCCCCCCCC[C@@H](CC(=O)O)C(=O)N[C@H](Cc1ccc(O)cc1)C(=O)NCCCNS(=O)(=O)N1CCOCC1. The number of nitrogens with zero attached hydrogens (tertiary/aromatic N) is 1. The zero-order chi connectivity index (χ0) is 30.8. The zero-order valence-electron chi connectivity index (χ0n) is 24.7. The first-order valence-electron chi connectivity index (χ1n) is 15.0. The standard InChI is InChI=1S/C29H48N4O8S/c1-2-3-4-5-6-7-8-10-24(22-27(35)36)28(37)32-26(21-23-11-13-25(34)14-12-23)29(38)30-15-9-16-31-42(39,40)33-17-19-41-20-18-33/h11-14,24,26,31,34H,2-10,15-22H2,1H3,(H,30,38)(H,32,37)(H,35,36)/t24-,26+/m0/s1. The molecule has 238 valence electrons. The van der Waals surface area contributed by atoms with E-state index in [0.717, 1.165) is 32.1 Å². The van der Waals surface area contributed by atoms with Crippen LogP contribution in [0.15, 0.2) is 24.3 Å². The number of unbranched alkanes of at least 4 members (excludes halogenated alkanes) is 6. The molecule has 0 unspecified atom stereocenters. The van der Waals surface area contributed by atoms with Crippen LogP contribution in [0.1, 0.15) is 76.7 Å². The normalized spacial score (nSPS) is 15.5. The summed E-state index contributed by atoms with van der Waals surface area (Å²) in [5.74, 6) is -2.71. The summed E-state index contributed by atoms with van der Waals surface area (Å²) in [6, 6.07) is 5.30. The lowest BCUT2D eigenvalue weighted by molar-refractivity contribution is -0.141. The first kappa shape index (κ1) is 35.5. The number of nitrogens with one attached hydrogen (secondary N) is 3. The van der Waals surface area contributed by atoms with Gasteiger partial charge in [-0.1, -0.05) is 64.0 Å². The van der Waals surface area contributed by atoms with Crippen LogP contribution in [0.2, 0.25) is 0 Å². The molecule has 1 aromatic rings. The van der Waals surface area contributed by atoms with Crippen LogP contribution in [-0.2, 0) is 35.8 Å². The molecule has 0 radical (unpaired) electrons. The quantitative estimate of drug-likeness (QED) is 0.132. The van der Waals surface area contributed by atoms with Crippen LogP contribution in [0.25, 0.3) is 0 Å². The molecule has 0 aromatic heterocycles. The van der Waals surface area contributed by atoms with E-state index in [0.29, 0.717) is 31.6 Å².